The molecule has 2 bridgehead atoms. The zero-order chi connectivity index (χ0) is 39.5. The van der Waals surface area contributed by atoms with E-state index in [1.54, 1.807) is 69.3 Å². The molecule has 2 aromatic carbocycles. The van der Waals surface area contributed by atoms with E-state index >= 15 is 4.79 Å². The monoisotopic (exact) mass is 749 g/mol. The van der Waals surface area contributed by atoms with Crippen LogP contribution >= 0.6 is 0 Å². The maximum absolute atomic E-state index is 15.3. The van der Waals surface area contributed by atoms with Crippen molar-refractivity contribution in [3.05, 3.63) is 82.9 Å². The van der Waals surface area contributed by atoms with Crippen molar-refractivity contribution in [1.29, 1.82) is 0 Å². The van der Waals surface area contributed by atoms with Crippen molar-refractivity contribution in [2.75, 3.05) is 6.61 Å². The summed E-state index contributed by atoms with van der Waals surface area (Å²) >= 11 is 0. The van der Waals surface area contributed by atoms with Crippen LogP contribution in [0.1, 0.15) is 76.3 Å². The Labute approximate surface area is 312 Å². The molecule has 0 amide bonds. The number of rotatable bonds is 8. The van der Waals surface area contributed by atoms with E-state index in [-0.39, 0.29) is 29.7 Å². The van der Waals surface area contributed by atoms with Gasteiger partial charge in [0, 0.05) is 32.1 Å². The van der Waals surface area contributed by atoms with Gasteiger partial charge in [0.25, 0.3) is 0 Å². The Bertz CT molecular complexity index is 1860. The van der Waals surface area contributed by atoms with Gasteiger partial charge in [0.15, 0.2) is 23.6 Å². The first-order valence-electron chi connectivity index (χ1n) is 17.9. The number of carbonyl (C=O) groups is 5. The summed E-state index contributed by atoms with van der Waals surface area (Å²) in [4.78, 5) is 68.7. The number of carbonyl (C=O) groups excluding carboxylic acids is 5. The maximum Gasteiger partial charge on any atom is 0.338 e. The normalized spacial score (nSPS) is 35.0. The van der Waals surface area contributed by atoms with Crippen LogP contribution in [-0.2, 0) is 42.9 Å². The molecule has 1 heterocycles. The molecule has 1 saturated heterocycles. The molecule has 54 heavy (non-hydrogen) atoms. The molecular formula is C40H47NO13. The molecule has 4 aliphatic rings. The predicted molar refractivity (Wildman–Crippen MR) is 188 cm³/mol. The molecule has 14 heteroatoms. The minimum atomic E-state index is -2.32. The van der Waals surface area contributed by atoms with Crippen LogP contribution < -0.4 is 5.73 Å². The largest absolute Gasteiger partial charge is 0.456 e. The Morgan fingerprint density at radius 1 is 0.926 bits per heavy atom. The standard InChI is InChI=1S/C40H47NO13/c1-20-25(52-36(48)30(45)29(41)23-13-9-7-10-14-23)18-40(49)34(53-35(47)24-15-11-8-12-16-24)32-38(6,26(44)17-27-39(32,19-50-27)54-22(3)43)33(46)31(51-21(2)42)28(20)37(40,4)5/h7-16,25-27,29-32,34,44-45,49H,17-19,41H2,1-6H3/t25-,26-,27+,29-,30+,31+,32-,34-,38+,39-,40-/m0/s1. The zero-order valence-corrected chi connectivity index (χ0v) is 31.0. The van der Waals surface area contributed by atoms with Crippen molar-refractivity contribution in [3.8, 4) is 0 Å². The lowest BCUT2D eigenvalue weighted by Gasteiger charge is -2.67. The van der Waals surface area contributed by atoms with Crippen molar-refractivity contribution in [2.45, 2.75) is 108 Å². The van der Waals surface area contributed by atoms with Gasteiger partial charge >= 0.3 is 23.9 Å². The number of benzene rings is 2. The van der Waals surface area contributed by atoms with Crippen molar-refractivity contribution in [2.24, 2.45) is 22.5 Å². The van der Waals surface area contributed by atoms with E-state index in [0.29, 0.717) is 5.56 Å². The fraction of sp³-hybridized carbons (Fsp3) is 0.525. The number of aliphatic hydroxyl groups excluding tert-OH is 2. The van der Waals surface area contributed by atoms with E-state index in [9.17, 15) is 34.5 Å². The van der Waals surface area contributed by atoms with Crippen molar-refractivity contribution < 1.29 is 63.0 Å². The van der Waals surface area contributed by atoms with Crippen molar-refractivity contribution in [3.63, 3.8) is 0 Å². The average Bonchev–Trinajstić information content (AvgIpc) is 3.12. The second kappa shape index (κ2) is 14.0. The Morgan fingerprint density at radius 3 is 2.09 bits per heavy atom. The molecule has 0 spiro atoms. The lowest BCUT2D eigenvalue weighted by Crippen LogP contribution is -2.82. The minimum Gasteiger partial charge on any atom is -0.456 e. The molecule has 0 radical (unpaired) electrons. The van der Waals surface area contributed by atoms with Crippen LogP contribution in [0.15, 0.2) is 71.8 Å². The predicted octanol–water partition coefficient (Wildman–Crippen LogP) is 2.26. The van der Waals surface area contributed by atoms with Gasteiger partial charge in [0.1, 0.15) is 23.9 Å². The number of nitrogens with two attached hydrogens (primary N) is 1. The van der Waals surface area contributed by atoms with E-state index in [4.69, 9.17) is 29.4 Å². The maximum atomic E-state index is 15.3. The fourth-order valence-electron chi connectivity index (χ4n) is 9.23. The van der Waals surface area contributed by atoms with E-state index in [2.05, 4.69) is 0 Å². The third-order valence-electron chi connectivity index (χ3n) is 12.2. The second-order valence-electron chi connectivity index (χ2n) is 15.6. The summed E-state index contributed by atoms with van der Waals surface area (Å²) in [5.41, 5.74) is -0.605. The van der Waals surface area contributed by atoms with Gasteiger partial charge in [-0.1, -0.05) is 62.4 Å². The number of fused-ring (bicyclic) bond motifs is 5. The lowest BCUT2D eigenvalue weighted by molar-refractivity contribution is -0.346. The van der Waals surface area contributed by atoms with Gasteiger partial charge in [-0.25, -0.2) is 9.59 Å². The van der Waals surface area contributed by atoms with Gasteiger partial charge in [-0.05, 0) is 42.7 Å². The number of Topliss-reactive ketones (excluding diaryl/α,β-unsaturated/α-hetero) is 1. The summed E-state index contributed by atoms with van der Waals surface area (Å²) in [6.07, 6.45) is -9.98. The summed E-state index contributed by atoms with van der Waals surface area (Å²) in [6, 6.07) is 15.1. The Balaban J connectivity index is 1.58. The highest BCUT2D eigenvalue weighted by Gasteiger charge is 2.78. The quantitative estimate of drug-likeness (QED) is 0.173. The van der Waals surface area contributed by atoms with Gasteiger partial charge in [0.2, 0.25) is 0 Å². The fourth-order valence-corrected chi connectivity index (χ4v) is 9.23. The first-order valence-corrected chi connectivity index (χ1v) is 17.9. The minimum absolute atomic E-state index is 0.0391. The average molecular weight is 750 g/mol. The number of ether oxygens (including phenoxy) is 5. The topological polar surface area (TPSA) is 218 Å². The lowest BCUT2D eigenvalue weighted by atomic mass is 9.44. The van der Waals surface area contributed by atoms with Gasteiger partial charge < -0.3 is 44.7 Å². The Morgan fingerprint density at radius 2 is 1.54 bits per heavy atom. The van der Waals surface area contributed by atoms with Crippen LogP contribution in [0.5, 0.6) is 0 Å². The molecule has 290 valence electrons. The Kier molecular flexibility index (Phi) is 10.2. The van der Waals surface area contributed by atoms with E-state index < -0.39 is 107 Å². The van der Waals surface area contributed by atoms with Crippen LogP contribution in [0.4, 0.5) is 0 Å². The number of aliphatic hydroxyl groups is 3. The second-order valence-corrected chi connectivity index (χ2v) is 15.6. The molecule has 0 unspecified atom stereocenters. The molecule has 3 aliphatic carbocycles. The highest BCUT2D eigenvalue weighted by Crippen LogP contribution is 2.64. The first kappa shape index (κ1) is 39.2. The summed E-state index contributed by atoms with van der Waals surface area (Å²) < 4.78 is 29.9. The highest BCUT2D eigenvalue weighted by molar-refractivity contribution is 5.95. The van der Waals surface area contributed by atoms with E-state index in [0.717, 1.165) is 13.8 Å². The van der Waals surface area contributed by atoms with Crippen LogP contribution in [0, 0.1) is 16.7 Å². The number of ketones is 1. The van der Waals surface area contributed by atoms with Crippen molar-refractivity contribution in [1.82, 2.24) is 0 Å². The number of hydrogen-bond acceptors (Lipinski definition) is 14. The molecule has 1 aliphatic heterocycles. The third-order valence-corrected chi connectivity index (χ3v) is 12.2. The molecule has 3 fully saturated rings. The highest BCUT2D eigenvalue weighted by atomic mass is 16.6. The van der Waals surface area contributed by atoms with E-state index in [1.807, 2.05) is 0 Å². The molecule has 6 rings (SSSR count). The molecule has 11 atom stereocenters. The summed E-state index contributed by atoms with van der Waals surface area (Å²) in [7, 11) is 0. The molecule has 2 saturated carbocycles. The van der Waals surface area contributed by atoms with Gasteiger partial charge in [-0.3, -0.25) is 14.4 Å². The first-order chi connectivity index (χ1) is 25.3. The number of esters is 4. The molecule has 14 nitrogen and oxygen atoms in total. The van der Waals surface area contributed by atoms with Gasteiger partial charge in [0.05, 0.1) is 35.6 Å². The third kappa shape index (κ3) is 6.04. The van der Waals surface area contributed by atoms with Crippen LogP contribution in [0.2, 0.25) is 0 Å². The summed E-state index contributed by atoms with van der Waals surface area (Å²) in [6.45, 7) is 8.08. The SMILES string of the molecule is CC(=O)O[C@H]1C(=O)[C@@]2(C)[C@H]([C@H](OC(=O)c3ccccc3)[C@@]3(O)C[C@H](OC(=O)[C@H](O)[C@@H](N)c4ccccc4)C(C)=C1C3(C)C)[C@]1(OC(C)=O)CO[C@@H]1C[C@@H]2O. The van der Waals surface area contributed by atoms with E-state index in [1.165, 1.54) is 19.1 Å². The smallest absolute Gasteiger partial charge is 0.338 e. The molecule has 2 aromatic rings. The van der Waals surface area contributed by atoms with Gasteiger partial charge in [-0.15, -0.1) is 0 Å². The molecule has 5 N–H and O–H groups in total. The molecular weight excluding hydrogens is 702 g/mol. The van der Waals surface area contributed by atoms with Crippen molar-refractivity contribution >= 4 is 29.7 Å². The van der Waals surface area contributed by atoms with Crippen LogP contribution in [-0.4, -0.2) is 99.4 Å². The summed E-state index contributed by atoms with van der Waals surface area (Å²) in [5, 5.41) is 36.5. The number of hydrogen-bond donors (Lipinski definition) is 4. The van der Waals surface area contributed by atoms with Gasteiger partial charge in [-0.2, -0.15) is 0 Å². The zero-order valence-electron chi connectivity index (χ0n) is 31.0. The van der Waals surface area contributed by atoms with Crippen LogP contribution in [0.3, 0.4) is 0 Å². The Hall–Kier alpha value is -4.47. The molecule has 0 aromatic heterocycles. The van der Waals surface area contributed by atoms with Crippen LogP contribution in [0.25, 0.3) is 0 Å². The summed E-state index contributed by atoms with van der Waals surface area (Å²) in [5.74, 6) is -6.01.